The topological polar surface area (TPSA) is 60.5 Å². The number of rotatable bonds is 4. The molecule has 128 valence electrons. The van der Waals surface area contributed by atoms with Gasteiger partial charge in [0, 0.05) is 17.3 Å². The highest BCUT2D eigenvalue weighted by atomic mass is 16.5. The monoisotopic (exact) mass is 336 g/mol. The number of hydrogen-bond donors (Lipinski definition) is 1. The van der Waals surface area contributed by atoms with Crippen LogP contribution in [0.4, 0.5) is 5.69 Å². The highest BCUT2D eigenvalue weighted by Crippen LogP contribution is 2.33. The molecule has 3 aromatic rings. The Bertz CT molecular complexity index is 951. The summed E-state index contributed by atoms with van der Waals surface area (Å²) in [5.41, 5.74) is 3.29. The first-order valence-electron chi connectivity index (χ1n) is 7.93. The van der Waals surface area contributed by atoms with Crippen LogP contribution in [-0.4, -0.2) is 25.1 Å². The Morgan fingerprint density at radius 3 is 2.48 bits per heavy atom. The summed E-state index contributed by atoms with van der Waals surface area (Å²) in [6, 6.07) is 11.3. The maximum absolute atomic E-state index is 12.8. The summed E-state index contributed by atoms with van der Waals surface area (Å²) in [6.07, 6.45) is 1.62. The normalized spacial score (nSPS) is 10.6. The molecule has 0 unspecified atom stereocenters. The van der Waals surface area contributed by atoms with Gasteiger partial charge in [0.2, 0.25) is 0 Å². The molecule has 0 fully saturated rings. The van der Waals surface area contributed by atoms with E-state index in [1.165, 1.54) is 0 Å². The van der Waals surface area contributed by atoms with E-state index < -0.39 is 0 Å². The number of ether oxygens (including phenoxy) is 2. The quantitative estimate of drug-likeness (QED) is 0.778. The molecule has 0 aliphatic heterocycles. The van der Waals surface area contributed by atoms with E-state index in [-0.39, 0.29) is 5.91 Å². The Balaban J connectivity index is 2.05. The smallest absolute Gasteiger partial charge is 0.274 e. The van der Waals surface area contributed by atoms with Gasteiger partial charge in [-0.1, -0.05) is 12.1 Å². The highest BCUT2D eigenvalue weighted by Gasteiger charge is 2.16. The number of pyridine rings is 1. The molecule has 1 heterocycles. The highest BCUT2D eigenvalue weighted by molar-refractivity contribution is 6.12. The van der Waals surface area contributed by atoms with E-state index in [0.29, 0.717) is 22.6 Å². The van der Waals surface area contributed by atoms with E-state index in [4.69, 9.17) is 9.47 Å². The Kier molecular flexibility index (Phi) is 4.57. The van der Waals surface area contributed by atoms with Crippen LogP contribution >= 0.6 is 0 Å². The molecule has 1 amide bonds. The van der Waals surface area contributed by atoms with Crippen molar-refractivity contribution >= 4 is 22.4 Å². The minimum atomic E-state index is -0.258. The van der Waals surface area contributed by atoms with Gasteiger partial charge >= 0.3 is 0 Å². The zero-order valence-electron chi connectivity index (χ0n) is 14.7. The molecule has 5 nitrogen and oxygen atoms in total. The molecule has 0 aliphatic carbocycles. The van der Waals surface area contributed by atoms with Crippen LogP contribution in [0.5, 0.6) is 11.5 Å². The zero-order valence-corrected chi connectivity index (χ0v) is 14.7. The number of benzene rings is 2. The fourth-order valence-corrected chi connectivity index (χ4v) is 2.75. The van der Waals surface area contributed by atoms with Gasteiger partial charge in [0.05, 0.1) is 14.2 Å². The molecule has 5 heteroatoms. The molecule has 0 saturated carbocycles. The van der Waals surface area contributed by atoms with Gasteiger partial charge in [0.1, 0.15) is 5.69 Å². The van der Waals surface area contributed by atoms with E-state index in [2.05, 4.69) is 10.3 Å². The fraction of sp³-hybridized carbons (Fsp3) is 0.200. The molecule has 1 aromatic heterocycles. The summed E-state index contributed by atoms with van der Waals surface area (Å²) < 4.78 is 10.7. The molecule has 0 radical (unpaired) electrons. The zero-order chi connectivity index (χ0) is 18.0. The van der Waals surface area contributed by atoms with Crippen LogP contribution in [0, 0.1) is 13.8 Å². The van der Waals surface area contributed by atoms with Crippen LogP contribution in [0.1, 0.15) is 21.6 Å². The van der Waals surface area contributed by atoms with Crippen molar-refractivity contribution in [1.82, 2.24) is 4.98 Å². The van der Waals surface area contributed by atoms with E-state index >= 15 is 0 Å². The molecular weight excluding hydrogens is 316 g/mol. The van der Waals surface area contributed by atoms with Gasteiger partial charge in [-0.3, -0.25) is 9.78 Å². The minimum Gasteiger partial charge on any atom is -0.493 e. The van der Waals surface area contributed by atoms with Crippen molar-refractivity contribution in [3.8, 4) is 11.5 Å². The number of nitrogens with zero attached hydrogens (tertiary/aromatic N) is 1. The molecular formula is C20H20N2O3. The average molecular weight is 336 g/mol. The van der Waals surface area contributed by atoms with Gasteiger partial charge in [-0.15, -0.1) is 0 Å². The summed E-state index contributed by atoms with van der Waals surface area (Å²) in [5, 5.41) is 4.52. The van der Waals surface area contributed by atoms with Crippen molar-refractivity contribution in [2.75, 3.05) is 19.5 Å². The van der Waals surface area contributed by atoms with E-state index in [9.17, 15) is 4.79 Å². The van der Waals surface area contributed by atoms with Gasteiger partial charge in [0.15, 0.2) is 11.5 Å². The number of carbonyl (C=O) groups is 1. The lowest BCUT2D eigenvalue weighted by Crippen LogP contribution is -2.15. The summed E-state index contributed by atoms with van der Waals surface area (Å²) >= 11 is 0. The number of aryl methyl sites for hydroxylation is 1. The lowest BCUT2D eigenvalue weighted by molar-refractivity contribution is 0.102. The Morgan fingerprint density at radius 1 is 1.04 bits per heavy atom. The third-order valence-electron chi connectivity index (χ3n) is 4.34. The number of nitrogens with one attached hydrogen (secondary N) is 1. The summed E-state index contributed by atoms with van der Waals surface area (Å²) in [7, 11) is 3.15. The van der Waals surface area contributed by atoms with E-state index in [1.54, 1.807) is 26.5 Å². The second kappa shape index (κ2) is 6.81. The summed E-state index contributed by atoms with van der Waals surface area (Å²) in [5.74, 6) is 0.914. The molecule has 0 aliphatic rings. The standard InChI is InChI=1S/C20H20N2O3/c1-12-6-5-7-16(13(12)2)22-20(23)19-15-11-18(25-4)17(24-3)10-14(15)8-9-21-19/h5-11H,1-4H3,(H,22,23). The maximum Gasteiger partial charge on any atom is 0.274 e. The lowest BCUT2D eigenvalue weighted by Gasteiger charge is -2.13. The second-order valence-electron chi connectivity index (χ2n) is 5.79. The number of amides is 1. The first-order chi connectivity index (χ1) is 12.0. The van der Waals surface area contributed by atoms with Crippen molar-refractivity contribution in [2.45, 2.75) is 13.8 Å². The van der Waals surface area contributed by atoms with Gasteiger partial charge in [-0.25, -0.2) is 0 Å². The van der Waals surface area contributed by atoms with Crippen LogP contribution in [0.25, 0.3) is 10.8 Å². The molecule has 0 saturated heterocycles. The SMILES string of the molecule is COc1cc2ccnc(C(=O)Nc3cccc(C)c3C)c2cc1OC. The number of aromatic nitrogens is 1. The third-order valence-corrected chi connectivity index (χ3v) is 4.34. The second-order valence-corrected chi connectivity index (χ2v) is 5.79. The van der Waals surface area contributed by atoms with Crippen molar-refractivity contribution in [1.29, 1.82) is 0 Å². The molecule has 0 bridgehead atoms. The van der Waals surface area contributed by atoms with Crippen LogP contribution in [0.2, 0.25) is 0 Å². The Hall–Kier alpha value is -3.08. The molecule has 25 heavy (non-hydrogen) atoms. The van der Waals surface area contributed by atoms with Crippen molar-refractivity contribution < 1.29 is 14.3 Å². The van der Waals surface area contributed by atoms with E-state index in [1.807, 2.05) is 44.2 Å². The molecule has 0 atom stereocenters. The number of hydrogen-bond acceptors (Lipinski definition) is 4. The summed E-state index contributed by atoms with van der Waals surface area (Å²) in [4.78, 5) is 17.1. The van der Waals surface area contributed by atoms with Crippen LogP contribution in [0.15, 0.2) is 42.6 Å². The number of carbonyl (C=O) groups excluding carboxylic acids is 1. The predicted molar refractivity (Wildman–Crippen MR) is 98.7 cm³/mol. The van der Waals surface area contributed by atoms with Crippen LogP contribution < -0.4 is 14.8 Å². The number of methoxy groups -OCH3 is 2. The van der Waals surface area contributed by atoms with Crippen molar-refractivity contribution in [2.24, 2.45) is 0 Å². The predicted octanol–water partition coefficient (Wildman–Crippen LogP) is 4.12. The number of anilines is 1. The van der Waals surface area contributed by atoms with Crippen molar-refractivity contribution in [3.63, 3.8) is 0 Å². The number of fused-ring (bicyclic) bond motifs is 1. The van der Waals surface area contributed by atoms with E-state index in [0.717, 1.165) is 22.2 Å². The van der Waals surface area contributed by atoms with Gasteiger partial charge in [-0.05, 0) is 54.6 Å². The maximum atomic E-state index is 12.8. The first kappa shape index (κ1) is 16.8. The van der Waals surface area contributed by atoms with Crippen LogP contribution in [-0.2, 0) is 0 Å². The van der Waals surface area contributed by atoms with Gasteiger partial charge in [-0.2, -0.15) is 0 Å². The molecule has 1 N–H and O–H groups in total. The Morgan fingerprint density at radius 2 is 1.76 bits per heavy atom. The largest absolute Gasteiger partial charge is 0.493 e. The molecule has 2 aromatic carbocycles. The Labute approximate surface area is 146 Å². The van der Waals surface area contributed by atoms with Crippen LogP contribution in [0.3, 0.4) is 0 Å². The van der Waals surface area contributed by atoms with Gasteiger partial charge in [0.25, 0.3) is 5.91 Å². The first-order valence-corrected chi connectivity index (χ1v) is 7.93. The molecule has 0 spiro atoms. The summed E-state index contributed by atoms with van der Waals surface area (Å²) in [6.45, 7) is 3.99. The molecule has 3 rings (SSSR count). The van der Waals surface area contributed by atoms with Crippen molar-refractivity contribution in [3.05, 3.63) is 59.4 Å². The fourth-order valence-electron chi connectivity index (χ4n) is 2.75. The third kappa shape index (κ3) is 3.13. The lowest BCUT2D eigenvalue weighted by atomic mass is 10.1. The van der Waals surface area contributed by atoms with Gasteiger partial charge < -0.3 is 14.8 Å². The average Bonchev–Trinajstić information content (AvgIpc) is 2.63. The minimum absolute atomic E-state index is 0.258.